The third-order valence-electron chi connectivity index (χ3n) is 15.5. The molecule has 0 aliphatic rings. The van der Waals surface area contributed by atoms with Crippen molar-refractivity contribution in [3.63, 3.8) is 0 Å². The molecule has 6 heteroatoms. The van der Waals surface area contributed by atoms with E-state index in [2.05, 4.69) is 43.5 Å². The molecule has 0 aliphatic heterocycles. The van der Waals surface area contributed by atoms with Crippen LogP contribution >= 0.6 is 0 Å². The monoisotopic (exact) mass is 1030 g/mol. The number of hydrogen-bond acceptors (Lipinski definition) is 5. The second-order valence-electron chi connectivity index (χ2n) is 22.8. The first-order chi connectivity index (χ1) is 36.0. The van der Waals surface area contributed by atoms with Gasteiger partial charge >= 0.3 is 5.97 Å². The van der Waals surface area contributed by atoms with Crippen LogP contribution in [0.3, 0.4) is 0 Å². The average Bonchev–Trinajstić information content (AvgIpc) is 3.39. The number of rotatable bonds is 62. The lowest BCUT2D eigenvalue weighted by atomic mass is 10.0. The molecule has 1 amide bonds. The van der Waals surface area contributed by atoms with Gasteiger partial charge in [0, 0.05) is 12.8 Å². The van der Waals surface area contributed by atoms with Crippen molar-refractivity contribution < 1.29 is 24.5 Å². The van der Waals surface area contributed by atoms with Gasteiger partial charge in [0.25, 0.3) is 0 Å². The van der Waals surface area contributed by atoms with Crippen LogP contribution < -0.4 is 5.32 Å². The summed E-state index contributed by atoms with van der Waals surface area (Å²) in [6, 6.07) is -0.551. The van der Waals surface area contributed by atoms with Crippen LogP contribution in [0.25, 0.3) is 0 Å². The predicted molar refractivity (Wildman–Crippen MR) is 320 cm³/mol. The molecule has 0 fully saturated rings. The quantitative estimate of drug-likeness (QED) is 0.0320. The van der Waals surface area contributed by atoms with E-state index in [1.165, 1.54) is 276 Å². The molecule has 0 saturated carbocycles. The number of carbonyl (C=O) groups excluding carboxylic acids is 2. The number of aliphatic hydroxyl groups excluding tert-OH is 2. The van der Waals surface area contributed by atoms with E-state index in [9.17, 15) is 19.8 Å². The number of esters is 1. The summed E-state index contributed by atoms with van der Waals surface area (Å²) >= 11 is 0. The molecule has 0 aromatic carbocycles. The van der Waals surface area contributed by atoms with E-state index in [4.69, 9.17) is 4.74 Å². The fourth-order valence-corrected chi connectivity index (χ4v) is 10.4. The van der Waals surface area contributed by atoms with E-state index in [0.29, 0.717) is 25.9 Å². The Labute approximate surface area is 456 Å². The predicted octanol–water partition coefficient (Wildman–Crippen LogP) is 21.0. The molecule has 0 aromatic heterocycles. The van der Waals surface area contributed by atoms with Crippen LogP contribution in [0.4, 0.5) is 0 Å². The maximum Gasteiger partial charge on any atom is 0.305 e. The van der Waals surface area contributed by atoms with Gasteiger partial charge in [-0.15, -0.1) is 0 Å². The van der Waals surface area contributed by atoms with Gasteiger partial charge in [0.15, 0.2) is 0 Å². The number of nitrogens with one attached hydrogen (secondary N) is 1. The summed E-state index contributed by atoms with van der Waals surface area (Å²) in [4.78, 5) is 24.6. The van der Waals surface area contributed by atoms with Crippen molar-refractivity contribution in [1.29, 1.82) is 0 Å². The Hall–Kier alpha value is -1.66. The van der Waals surface area contributed by atoms with Gasteiger partial charge in [-0.25, -0.2) is 0 Å². The number of hydrogen-bond donors (Lipinski definition) is 3. The van der Waals surface area contributed by atoms with Gasteiger partial charge in [0.1, 0.15) is 0 Å². The summed E-state index contributed by atoms with van der Waals surface area (Å²) in [5.41, 5.74) is 0. The Bertz CT molecular complexity index is 1140. The minimum Gasteiger partial charge on any atom is -0.466 e. The van der Waals surface area contributed by atoms with Crippen LogP contribution in [0.5, 0.6) is 0 Å². The molecule has 0 spiro atoms. The highest BCUT2D eigenvalue weighted by atomic mass is 16.5. The van der Waals surface area contributed by atoms with E-state index in [-0.39, 0.29) is 18.5 Å². The van der Waals surface area contributed by atoms with Gasteiger partial charge in [-0.05, 0) is 57.8 Å². The highest BCUT2D eigenvalue weighted by molar-refractivity contribution is 5.76. The number of allylic oxidation sites excluding steroid dienone is 4. The largest absolute Gasteiger partial charge is 0.466 e. The van der Waals surface area contributed by atoms with Crippen LogP contribution in [0.2, 0.25) is 0 Å². The second kappa shape index (κ2) is 62.9. The molecule has 432 valence electrons. The lowest BCUT2D eigenvalue weighted by Gasteiger charge is -2.22. The highest BCUT2D eigenvalue weighted by Crippen LogP contribution is 2.18. The summed E-state index contributed by atoms with van der Waals surface area (Å²) in [5.74, 6) is -0.0499. The van der Waals surface area contributed by atoms with E-state index >= 15 is 0 Å². The van der Waals surface area contributed by atoms with E-state index < -0.39 is 12.1 Å². The molecule has 0 radical (unpaired) electrons. The van der Waals surface area contributed by atoms with E-state index in [0.717, 1.165) is 57.8 Å². The zero-order chi connectivity index (χ0) is 52.9. The van der Waals surface area contributed by atoms with Gasteiger partial charge in [-0.3, -0.25) is 9.59 Å². The maximum absolute atomic E-state index is 12.5. The van der Waals surface area contributed by atoms with Crippen LogP contribution in [0.1, 0.15) is 367 Å². The molecule has 73 heavy (non-hydrogen) atoms. The first-order valence-electron chi connectivity index (χ1n) is 33.1. The van der Waals surface area contributed by atoms with Gasteiger partial charge in [-0.1, -0.05) is 321 Å². The van der Waals surface area contributed by atoms with E-state index in [1.54, 1.807) is 0 Å². The first kappa shape index (κ1) is 71.3. The lowest BCUT2D eigenvalue weighted by molar-refractivity contribution is -0.143. The summed E-state index contributed by atoms with van der Waals surface area (Å²) in [6.07, 6.45) is 77.6. The zero-order valence-electron chi connectivity index (χ0n) is 49.4. The molecule has 0 aromatic rings. The van der Waals surface area contributed by atoms with Gasteiger partial charge in [-0.2, -0.15) is 0 Å². The second-order valence-corrected chi connectivity index (χ2v) is 22.8. The molecule has 6 nitrogen and oxygen atoms in total. The zero-order valence-corrected chi connectivity index (χ0v) is 49.4. The topological polar surface area (TPSA) is 95.9 Å². The Morgan fingerprint density at radius 3 is 1.05 bits per heavy atom. The molecule has 0 aliphatic carbocycles. The number of ether oxygens (including phenoxy) is 1. The van der Waals surface area contributed by atoms with E-state index in [1.807, 2.05) is 0 Å². The molecule has 3 N–H and O–H groups in total. The first-order valence-corrected chi connectivity index (χ1v) is 33.1. The standard InChI is InChI=1S/C67H129NO5/c1-3-5-7-9-11-13-15-17-19-21-23-24-25-26-27-28-29-31-35-39-43-47-51-55-59-65(70)64(63-69)68-66(71)60-56-52-48-44-40-36-33-34-38-42-46-50-54-58-62-73-67(72)61-57-53-49-45-41-37-32-30-22-20-18-16-14-12-10-8-6-4-2/h14,16,20,22,64-65,69-70H,3-13,15,17-19,21,23-63H2,1-2H3,(H,68,71)/b16-14-,22-20-. The highest BCUT2D eigenvalue weighted by Gasteiger charge is 2.20. The molecular weight excluding hydrogens is 899 g/mol. The average molecular weight is 1030 g/mol. The maximum atomic E-state index is 12.5. The molecule has 0 rings (SSSR count). The van der Waals surface area contributed by atoms with Crippen molar-refractivity contribution in [1.82, 2.24) is 5.32 Å². The van der Waals surface area contributed by atoms with Crippen LogP contribution in [-0.2, 0) is 14.3 Å². The fourth-order valence-electron chi connectivity index (χ4n) is 10.4. The molecule has 0 heterocycles. The fraction of sp³-hybridized carbons (Fsp3) is 0.910. The molecule has 0 saturated heterocycles. The number of amides is 1. The molecule has 0 bridgehead atoms. The summed E-state index contributed by atoms with van der Waals surface area (Å²) in [5, 5.41) is 23.4. The lowest BCUT2D eigenvalue weighted by Crippen LogP contribution is -2.45. The Balaban J connectivity index is 3.43. The minimum absolute atomic E-state index is 0.00822. The van der Waals surface area contributed by atoms with Gasteiger partial charge < -0.3 is 20.3 Å². The van der Waals surface area contributed by atoms with Crippen LogP contribution in [-0.4, -0.2) is 47.4 Å². The van der Waals surface area contributed by atoms with Crippen LogP contribution in [0.15, 0.2) is 24.3 Å². The molecule has 2 atom stereocenters. The summed E-state index contributed by atoms with van der Waals surface area (Å²) < 4.78 is 5.49. The third kappa shape index (κ3) is 59.4. The number of aliphatic hydroxyl groups is 2. The van der Waals surface area contributed by atoms with Crippen molar-refractivity contribution in [3.8, 4) is 0 Å². The normalized spacial score (nSPS) is 12.7. The Morgan fingerprint density at radius 1 is 0.384 bits per heavy atom. The number of unbranched alkanes of at least 4 members (excludes halogenated alkanes) is 47. The Morgan fingerprint density at radius 2 is 0.685 bits per heavy atom. The number of carbonyl (C=O) groups is 2. The summed E-state index contributed by atoms with van der Waals surface area (Å²) in [6.45, 7) is 4.94. The Kier molecular flexibility index (Phi) is 61.4. The third-order valence-corrected chi connectivity index (χ3v) is 15.5. The molecular formula is C67H129NO5. The van der Waals surface area contributed by atoms with Gasteiger partial charge in [0.05, 0.1) is 25.4 Å². The molecule has 2 unspecified atom stereocenters. The van der Waals surface area contributed by atoms with Gasteiger partial charge in [0.2, 0.25) is 5.91 Å². The van der Waals surface area contributed by atoms with Crippen molar-refractivity contribution >= 4 is 11.9 Å². The van der Waals surface area contributed by atoms with Crippen molar-refractivity contribution in [2.75, 3.05) is 13.2 Å². The van der Waals surface area contributed by atoms with Crippen molar-refractivity contribution in [3.05, 3.63) is 24.3 Å². The van der Waals surface area contributed by atoms with Crippen LogP contribution in [0, 0.1) is 0 Å². The summed E-state index contributed by atoms with van der Waals surface area (Å²) in [7, 11) is 0. The van der Waals surface area contributed by atoms with Crippen molar-refractivity contribution in [2.45, 2.75) is 379 Å². The SMILES string of the molecule is CCCCCC/C=C\C/C=C\CCCCCCCCCC(=O)OCCCCCCCCCCCCCCCCC(=O)NC(CO)C(O)CCCCCCCCCCCCCCCCCCCCCCCCCC. The minimum atomic E-state index is -0.673. The van der Waals surface area contributed by atoms with Crippen molar-refractivity contribution in [2.24, 2.45) is 0 Å². The smallest absolute Gasteiger partial charge is 0.305 e.